The molecule has 1 aliphatic rings. The maximum Gasteiger partial charge on any atom is 0.220 e. The van der Waals surface area contributed by atoms with E-state index in [1.807, 2.05) is 12.1 Å². The summed E-state index contributed by atoms with van der Waals surface area (Å²) in [4.78, 5) is 12.0. The first-order valence-electron chi connectivity index (χ1n) is 7.38. The minimum atomic E-state index is 0.128. The Kier molecular flexibility index (Phi) is 6.18. The minimum absolute atomic E-state index is 0.128. The van der Waals surface area contributed by atoms with E-state index in [-0.39, 0.29) is 5.91 Å². The number of aryl methyl sites for hydroxylation is 1. The molecule has 1 aromatic carbocycles. The SMILES string of the molecule is O=C(CCc1ccc(Cl)cc1Cl)NC1CCCCCC1. The molecule has 0 unspecified atom stereocenters. The first kappa shape index (κ1) is 15.7. The summed E-state index contributed by atoms with van der Waals surface area (Å²) in [5.74, 6) is 0.128. The van der Waals surface area contributed by atoms with Crippen molar-refractivity contribution >= 4 is 29.1 Å². The molecule has 20 heavy (non-hydrogen) atoms. The highest BCUT2D eigenvalue weighted by Gasteiger charge is 2.14. The monoisotopic (exact) mass is 313 g/mol. The summed E-state index contributed by atoms with van der Waals surface area (Å²) in [6.07, 6.45) is 8.44. The predicted molar refractivity (Wildman–Crippen MR) is 84.4 cm³/mol. The van der Waals surface area contributed by atoms with Crippen molar-refractivity contribution in [1.29, 1.82) is 0 Å². The first-order chi connectivity index (χ1) is 9.65. The molecule has 2 nitrogen and oxygen atoms in total. The van der Waals surface area contributed by atoms with E-state index in [9.17, 15) is 4.79 Å². The molecule has 1 N–H and O–H groups in total. The molecule has 1 aromatic rings. The number of hydrogen-bond donors (Lipinski definition) is 1. The smallest absolute Gasteiger partial charge is 0.220 e. The topological polar surface area (TPSA) is 29.1 Å². The van der Waals surface area contributed by atoms with Gasteiger partial charge in [0.1, 0.15) is 0 Å². The van der Waals surface area contributed by atoms with Crippen molar-refractivity contribution in [2.24, 2.45) is 0 Å². The third-order valence-corrected chi connectivity index (χ3v) is 4.44. The van der Waals surface area contributed by atoms with Gasteiger partial charge in [-0.1, -0.05) is 55.0 Å². The molecule has 0 heterocycles. The average molecular weight is 314 g/mol. The Morgan fingerprint density at radius 1 is 1.15 bits per heavy atom. The maximum atomic E-state index is 12.0. The number of nitrogens with one attached hydrogen (secondary N) is 1. The molecule has 0 saturated heterocycles. The highest BCUT2D eigenvalue weighted by atomic mass is 35.5. The lowest BCUT2D eigenvalue weighted by molar-refractivity contribution is -0.121. The summed E-state index contributed by atoms with van der Waals surface area (Å²) < 4.78 is 0. The van der Waals surface area contributed by atoms with Crippen LogP contribution in [0.3, 0.4) is 0 Å². The normalized spacial score (nSPS) is 16.7. The standard InChI is InChI=1S/C16H21Cl2NO/c17-13-9-7-12(15(18)11-13)8-10-16(20)19-14-5-3-1-2-4-6-14/h7,9,11,14H,1-6,8,10H2,(H,19,20). The number of hydrogen-bond acceptors (Lipinski definition) is 1. The highest BCUT2D eigenvalue weighted by molar-refractivity contribution is 6.35. The van der Waals surface area contributed by atoms with Gasteiger partial charge in [0.2, 0.25) is 5.91 Å². The lowest BCUT2D eigenvalue weighted by atomic mass is 10.1. The van der Waals surface area contributed by atoms with Gasteiger partial charge in [0.25, 0.3) is 0 Å². The second kappa shape index (κ2) is 7.90. The van der Waals surface area contributed by atoms with E-state index in [1.54, 1.807) is 6.07 Å². The Hall–Kier alpha value is -0.730. The molecule has 0 atom stereocenters. The first-order valence-corrected chi connectivity index (χ1v) is 8.14. The van der Waals surface area contributed by atoms with Gasteiger partial charge in [0.05, 0.1) is 0 Å². The molecule has 1 aliphatic carbocycles. The molecule has 110 valence electrons. The van der Waals surface area contributed by atoms with Gasteiger partial charge >= 0.3 is 0 Å². The molecule has 0 aliphatic heterocycles. The summed E-state index contributed by atoms with van der Waals surface area (Å²) in [6.45, 7) is 0. The Morgan fingerprint density at radius 2 is 1.85 bits per heavy atom. The van der Waals surface area contributed by atoms with E-state index in [2.05, 4.69) is 5.32 Å². The van der Waals surface area contributed by atoms with Gasteiger partial charge in [0.15, 0.2) is 0 Å². The van der Waals surface area contributed by atoms with Gasteiger partial charge < -0.3 is 5.32 Å². The van der Waals surface area contributed by atoms with Gasteiger partial charge in [-0.2, -0.15) is 0 Å². The molecule has 1 fully saturated rings. The third kappa shape index (κ3) is 4.99. The van der Waals surface area contributed by atoms with Crippen LogP contribution in [0.2, 0.25) is 10.0 Å². The molecule has 4 heteroatoms. The average Bonchev–Trinajstić information content (AvgIpc) is 2.66. The van der Waals surface area contributed by atoms with Gasteiger partial charge in [-0.05, 0) is 37.0 Å². The van der Waals surface area contributed by atoms with E-state index in [0.717, 1.165) is 18.4 Å². The van der Waals surface area contributed by atoms with Crippen LogP contribution in [0.5, 0.6) is 0 Å². The number of rotatable bonds is 4. The fourth-order valence-electron chi connectivity index (χ4n) is 2.70. The van der Waals surface area contributed by atoms with Crippen molar-refractivity contribution in [2.75, 3.05) is 0 Å². The molecule has 0 radical (unpaired) electrons. The van der Waals surface area contributed by atoms with Crippen molar-refractivity contribution in [3.63, 3.8) is 0 Å². The second-order valence-electron chi connectivity index (χ2n) is 5.49. The molecule has 2 rings (SSSR count). The molecule has 1 saturated carbocycles. The van der Waals surface area contributed by atoms with Crippen LogP contribution in [0.15, 0.2) is 18.2 Å². The fourth-order valence-corrected chi connectivity index (χ4v) is 3.20. The number of carbonyl (C=O) groups excluding carboxylic acids is 1. The Balaban J connectivity index is 1.79. The Morgan fingerprint density at radius 3 is 2.50 bits per heavy atom. The summed E-state index contributed by atoms with van der Waals surface area (Å²) in [7, 11) is 0. The maximum absolute atomic E-state index is 12.0. The number of carbonyl (C=O) groups is 1. The zero-order chi connectivity index (χ0) is 14.4. The fraction of sp³-hybridized carbons (Fsp3) is 0.562. The number of halogens is 2. The van der Waals surface area contributed by atoms with Crippen LogP contribution in [0.4, 0.5) is 0 Å². The van der Waals surface area contributed by atoms with Crippen LogP contribution in [-0.2, 0) is 11.2 Å². The van der Waals surface area contributed by atoms with Crippen molar-refractivity contribution in [1.82, 2.24) is 5.32 Å². The zero-order valence-electron chi connectivity index (χ0n) is 11.6. The largest absolute Gasteiger partial charge is 0.353 e. The van der Waals surface area contributed by atoms with Crippen molar-refractivity contribution in [3.05, 3.63) is 33.8 Å². The van der Waals surface area contributed by atoms with Crippen molar-refractivity contribution in [2.45, 2.75) is 57.4 Å². The van der Waals surface area contributed by atoms with E-state index >= 15 is 0 Å². The van der Waals surface area contributed by atoms with Crippen LogP contribution < -0.4 is 5.32 Å². The molecular formula is C16H21Cl2NO. The van der Waals surface area contributed by atoms with Crippen LogP contribution in [-0.4, -0.2) is 11.9 Å². The van der Waals surface area contributed by atoms with Crippen molar-refractivity contribution in [3.8, 4) is 0 Å². The summed E-state index contributed by atoms with van der Waals surface area (Å²) in [5.41, 5.74) is 0.979. The van der Waals surface area contributed by atoms with Crippen molar-refractivity contribution < 1.29 is 4.79 Å². The number of amides is 1. The van der Waals surface area contributed by atoms with Crippen LogP contribution in [0, 0.1) is 0 Å². The lowest BCUT2D eigenvalue weighted by Gasteiger charge is -2.16. The van der Waals surface area contributed by atoms with E-state index in [1.165, 1.54) is 25.7 Å². The molecule has 1 amide bonds. The molecule has 0 bridgehead atoms. The third-order valence-electron chi connectivity index (χ3n) is 3.86. The lowest BCUT2D eigenvalue weighted by Crippen LogP contribution is -2.34. The summed E-state index contributed by atoms with van der Waals surface area (Å²) >= 11 is 12.0. The van der Waals surface area contributed by atoms with Gasteiger partial charge in [-0.15, -0.1) is 0 Å². The Bertz CT molecular complexity index is 454. The minimum Gasteiger partial charge on any atom is -0.353 e. The van der Waals surface area contributed by atoms with E-state index < -0.39 is 0 Å². The van der Waals surface area contributed by atoms with Crippen LogP contribution in [0.25, 0.3) is 0 Å². The predicted octanol–water partition coefficient (Wildman–Crippen LogP) is 4.77. The van der Waals surface area contributed by atoms with Gasteiger partial charge in [-0.3, -0.25) is 4.79 Å². The molecule has 0 aromatic heterocycles. The van der Waals surface area contributed by atoms with Gasteiger partial charge in [0, 0.05) is 22.5 Å². The van der Waals surface area contributed by atoms with Crippen LogP contribution >= 0.6 is 23.2 Å². The summed E-state index contributed by atoms with van der Waals surface area (Å²) in [6, 6.07) is 5.79. The highest BCUT2D eigenvalue weighted by Crippen LogP contribution is 2.22. The van der Waals surface area contributed by atoms with Crippen LogP contribution in [0.1, 0.15) is 50.5 Å². The van der Waals surface area contributed by atoms with Gasteiger partial charge in [-0.25, -0.2) is 0 Å². The number of benzene rings is 1. The Labute approximate surface area is 130 Å². The second-order valence-corrected chi connectivity index (χ2v) is 6.34. The zero-order valence-corrected chi connectivity index (χ0v) is 13.1. The van der Waals surface area contributed by atoms with E-state index in [0.29, 0.717) is 28.9 Å². The molecular weight excluding hydrogens is 293 g/mol. The van der Waals surface area contributed by atoms with E-state index in [4.69, 9.17) is 23.2 Å². The molecule has 0 spiro atoms. The quantitative estimate of drug-likeness (QED) is 0.797. The summed E-state index contributed by atoms with van der Waals surface area (Å²) in [5, 5.41) is 4.42.